The number of allylic oxidation sites excluding steroid dienone is 2. The molecule has 0 saturated carbocycles. The summed E-state index contributed by atoms with van der Waals surface area (Å²) in [5, 5.41) is 1.17. The molecular formula is C21H16N2. The molecule has 0 atom stereocenters. The fourth-order valence-electron chi connectivity index (χ4n) is 3.00. The van der Waals surface area contributed by atoms with Crippen LogP contribution in [0.25, 0.3) is 33.2 Å². The van der Waals surface area contributed by atoms with Crippen molar-refractivity contribution in [1.29, 1.82) is 0 Å². The molecule has 2 nitrogen and oxygen atoms in total. The molecule has 0 aliphatic heterocycles. The van der Waals surface area contributed by atoms with E-state index in [-0.39, 0.29) is 0 Å². The molecule has 0 aliphatic carbocycles. The van der Waals surface area contributed by atoms with Crippen LogP contribution in [0.2, 0.25) is 0 Å². The van der Waals surface area contributed by atoms with E-state index in [0.29, 0.717) is 0 Å². The van der Waals surface area contributed by atoms with Gasteiger partial charge in [0.25, 0.3) is 0 Å². The first-order valence-corrected chi connectivity index (χ1v) is 7.56. The number of nitrogens with zero attached hydrogens (tertiary/aromatic N) is 2. The van der Waals surface area contributed by atoms with Crippen LogP contribution < -0.4 is 0 Å². The SMILES string of the molecule is C=CC(=C)c1ccc(-n2c3ccccc3c3ncccc32)cc1. The third-order valence-electron chi connectivity index (χ3n) is 4.17. The molecule has 2 aromatic heterocycles. The zero-order valence-electron chi connectivity index (χ0n) is 12.7. The Hall–Kier alpha value is -3.13. The molecule has 0 spiro atoms. The molecule has 0 amide bonds. The van der Waals surface area contributed by atoms with Crippen molar-refractivity contribution in [2.24, 2.45) is 0 Å². The summed E-state index contributed by atoms with van der Waals surface area (Å²) in [5.74, 6) is 0. The molecule has 0 radical (unpaired) electrons. The Balaban J connectivity index is 2.00. The standard InChI is InChI=1S/C21H16N2/c1-3-15(2)16-10-12-17(13-11-16)23-19-8-5-4-7-18(19)21-20(23)9-6-14-22-21/h3-14H,1-2H2. The molecule has 0 N–H and O–H groups in total. The summed E-state index contributed by atoms with van der Waals surface area (Å²) in [6.07, 6.45) is 3.62. The number of para-hydroxylation sites is 1. The van der Waals surface area contributed by atoms with Crippen molar-refractivity contribution in [1.82, 2.24) is 9.55 Å². The number of benzene rings is 2. The highest BCUT2D eigenvalue weighted by molar-refractivity contribution is 6.06. The molecule has 0 unspecified atom stereocenters. The third kappa shape index (κ3) is 2.08. The molecule has 0 saturated heterocycles. The molecule has 23 heavy (non-hydrogen) atoms. The van der Waals surface area contributed by atoms with Gasteiger partial charge in [-0.1, -0.05) is 49.6 Å². The molecule has 0 fully saturated rings. The van der Waals surface area contributed by atoms with Crippen LogP contribution in [0, 0.1) is 0 Å². The van der Waals surface area contributed by atoms with Gasteiger partial charge >= 0.3 is 0 Å². The number of pyridine rings is 1. The summed E-state index contributed by atoms with van der Waals surface area (Å²) in [6.45, 7) is 7.78. The fraction of sp³-hybridized carbons (Fsp3) is 0. The maximum atomic E-state index is 4.57. The fourth-order valence-corrected chi connectivity index (χ4v) is 3.00. The zero-order valence-corrected chi connectivity index (χ0v) is 12.7. The molecule has 2 aromatic carbocycles. The summed E-state index contributed by atoms with van der Waals surface area (Å²) < 4.78 is 2.25. The topological polar surface area (TPSA) is 17.8 Å². The van der Waals surface area contributed by atoms with Crippen LogP contribution in [0.3, 0.4) is 0 Å². The van der Waals surface area contributed by atoms with Gasteiger partial charge in [-0.25, -0.2) is 0 Å². The summed E-state index contributed by atoms with van der Waals surface area (Å²) in [7, 11) is 0. The highest BCUT2D eigenvalue weighted by Crippen LogP contribution is 2.30. The lowest BCUT2D eigenvalue weighted by Crippen LogP contribution is -1.94. The van der Waals surface area contributed by atoms with Crippen molar-refractivity contribution in [3.05, 3.63) is 91.7 Å². The Morgan fingerprint density at radius 3 is 2.43 bits per heavy atom. The van der Waals surface area contributed by atoms with Crippen molar-refractivity contribution in [3.63, 3.8) is 0 Å². The molecule has 0 bridgehead atoms. The predicted octanol–water partition coefficient (Wildman–Crippen LogP) is 5.38. The van der Waals surface area contributed by atoms with Crippen molar-refractivity contribution in [2.75, 3.05) is 0 Å². The minimum absolute atomic E-state index is 0.931. The molecule has 110 valence electrons. The maximum Gasteiger partial charge on any atom is 0.0963 e. The Morgan fingerprint density at radius 1 is 0.913 bits per heavy atom. The second kappa shape index (κ2) is 5.25. The quantitative estimate of drug-likeness (QED) is 0.464. The van der Waals surface area contributed by atoms with Crippen molar-refractivity contribution >= 4 is 27.5 Å². The van der Waals surface area contributed by atoms with Gasteiger partial charge in [-0.2, -0.15) is 0 Å². The monoisotopic (exact) mass is 296 g/mol. The van der Waals surface area contributed by atoms with Gasteiger partial charge in [0.2, 0.25) is 0 Å². The Kier molecular flexibility index (Phi) is 3.09. The minimum atomic E-state index is 0.931. The molecule has 2 heterocycles. The third-order valence-corrected chi connectivity index (χ3v) is 4.17. The van der Waals surface area contributed by atoms with E-state index in [1.807, 2.05) is 12.3 Å². The van der Waals surface area contributed by atoms with Crippen molar-refractivity contribution in [2.45, 2.75) is 0 Å². The lowest BCUT2D eigenvalue weighted by molar-refractivity contribution is 1.17. The molecular weight excluding hydrogens is 280 g/mol. The normalized spacial score (nSPS) is 11.0. The molecule has 4 aromatic rings. The number of hydrogen-bond donors (Lipinski definition) is 0. The van der Waals surface area contributed by atoms with Crippen LogP contribution in [0.5, 0.6) is 0 Å². The van der Waals surface area contributed by atoms with Gasteiger partial charge < -0.3 is 4.57 Å². The van der Waals surface area contributed by atoms with Gasteiger partial charge in [-0.3, -0.25) is 4.98 Å². The number of aromatic nitrogens is 2. The lowest BCUT2D eigenvalue weighted by atomic mass is 10.1. The first kappa shape index (κ1) is 13.5. The molecule has 0 aliphatic rings. The first-order valence-electron chi connectivity index (χ1n) is 7.56. The Morgan fingerprint density at radius 2 is 1.65 bits per heavy atom. The summed E-state index contributed by atoms with van der Waals surface area (Å²) in [6, 6.07) is 20.8. The second-order valence-corrected chi connectivity index (χ2v) is 5.50. The van der Waals surface area contributed by atoms with E-state index in [0.717, 1.165) is 33.4 Å². The van der Waals surface area contributed by atoms with Crippen LogP contribution in [0.1, 0.15) is 5.56 Å². The number of fused-ring (bicyclic) bond motifs is 3. The van der Waals surface area contributed by atoms with E-state index in [1.165, 1.54) is 5.39 Å². The van der Waals surface area contributed by atoms with Crippen LogP contribution in [-0.4, -0.2) is 9.55 Å². The second-order valence-electron chi connectivity index (χ2n) is 5.50. The van der Waals surface area contributed by atoms with E-state index >= 15 is 0 Å². The zero-order chi connectivity index (χ0) is 15.8. The van der Waals surface area contributed by atoms with Gasteiger partial charge in [0.15, 0.2) is 0 Å². The average molecular weight is 296 g/mol. The van der Waals surface area contributed by atoms with Gasteiger partial charge in [-0.05, 0) is 41.5 Å². The van der Waals surface area contributed by atoms with Crippen LogP contribution in [0.4, 0.5) is 0 Å². The predicted molar refractivity (Wildman–Crippen MR) is 97.8 cm³/mol. The van der Waals surface area contributed by atoms with Crippen LogP contribution in [0.15, 0.2) is 86.1 Å². The van der Waals surface area contributed by atoms with E-state index in [4.69, 9.17) is 0 Å². The highest BCUT2D eigenvalue weighted by Gasteiger charge is 2.12. The van der Waals surface area contributed by atoms with Crippen molar-refractivity contribution < 1.29 is 0 Å². The van der Waals surface area contributed by atoms with Crippen molar-refractivity contribution in [3.8, 4) is 5.69 Å². The average Bonchev–Trinajstić information content (AvgIpc) is 2.96. The summed E-state index contributed by atoms with van der Waals surface area (Å²) in [5.41, 5.74) is 6.44. The lowest BCUT2D eigenvalue weighted by Gasteiger charge is -2.09. The summed E-state index contributed by atoms with van der Waals surface area (Å²) in [4.78, 5) is 4.57. The smallest absolute Gasteiger partial charge is 0.0963 e. The molecule has 4 rings (SSSR count). The maximum absolute atomic E-state index is 4.57. The van der Waals surface area contributed by atoms with E-state index < -0.39 is 0 Å². The Bertz CT molecular complexity index is 983. The van der Waals surface area contributed by atoms with E-state index in [9.17, 15) is 0 Å². The highest BCUT2D eigenvalue weighted by atomic mass is 15.0. The van der Waals surface area contributed by atoms with Gasteiger partial charge in [-0.15, -0.1) is 0 Å². The van der Waals surface area contributed by atoms with E-state index in [2.05, 4.69) is 77.3 Å². The number of rotatable bonds is 3. The van der Waals surface area contributed by atoms with E-state index in [1.54, 1.807) is 6.08 Å². The minimum Gasteiger partial charge on any atom is -0.308 e. The van der Waals surface area contributed by atoms with Gasteiger partial charge in [0, 0.05) is 17.3 Å². The molecule has 2 heteroatoms. The van der Waals surface area contributed by atoms with Crippen LogP contribution >= 0.6 is 0 Å². The summed E-state index contributed by atoms with van der Waals surface area (Å²) >= 11 is 0. The van der Waals surface area contributed by atoms with Gasteiger partial charge in [0.1, 0.15) is 0 Å². The largest absolute Gasteiger partial charge is 0.308 e. The Labute approximate surface area is 135 Å². The van der Waals surface area contributed by atoms with Crippen LogP contribution in [-0.2, 0) is 0 Å². The first-order chi connectivity index (χ1) is 11.3. The number of hydrogen-bond acceptors (Lipinski definition) is 1. The van der Waals surface area contributed by atoms with Gasteiger partial charge in [0.05, 0.1) is 16.6 Å².